The van der Waals surface area contributed by atoms with Gasteiger partial charge < -0.3 is 14.6 Å². The summed E-state index contributed by atoms with van der Waals surface area (Å²) in [5.41, 5.74) is 3.13. The lowest BCUT2D eigenvalue weighted by Gasteiger charge is -2.21. The molecule has 0 fully saturated rings. The van der Waals surface area contributed by atoms with Crippen LogP contribution in [0.4, 0.5) is 0 Å². The van der Waals surface area contributed by atoms with Crippen molar-refractivity contribution in [2.75, 3.05) is 0 Å². The fourth-order valence-corrected chi connectivity index (χ4v) is 3.06. The minimum atomic E-state index is -0.897. The molecule has 3 aromatic carbocycles. The number of aliphatic hydroxyl groups is 1. The molecule has 1 heterocycles. The lowest BCUT2D eigenvalue weighted by molar-refractivity contribution is 0.0223. The van der Waals surface area contributed by atoms with Gasteiger partial charge in [-0.1, -0.05) is 42.5 Å². The van der Waals surface area contributed by atoms with E-state index in [4.69, 9.17) is 9.47 Å². The predicted octanol–water partition coefficient (Wildman–Crippen LogP) is 4.53. The van der Waals surface area contributed by atoms with E-state index in [0.717, 1.165) is 22.4 Å². The Morgan fingerprint density at radius 2 is 1.88 bits per heavy atom. The second kappa shape index (κ2) is 6.02. The van der Waals surface area contributed by atoms with E-state index in [1.807, 2.05) is 43.3 Å². The Balaban J connectivity index is 1.58. The van der Waals surface area contributed by atoms with Crippen molar-refractivity contribution in [3.8, 4) is 11.5 Å². The third-order valence-electron chi connectivity index (χ3n) is 4.29. The molecule has 0 bridgehead atoms. The molecule has 0 spiro atoms. The Morgan fingerprint density at radius 3 is 2.79 bits per heavy atom. The van der Waals surface area contributed by atoms with Crippen LogP contribution in [0.25, 0.3) is 16.3 Å². The molecule has 0 aliphatic carbocycles. The van der Waals surface area contributed by atoms with Crippen LogP contribution in [0.15, 0.2) is 66.7 Å². The van der Waals surface area contributed by atoms with Gasteiger partial charge in [-0.3, -0.25) is 0 Å². The maximum absolute atomic E-state index is 9.70. The second-order valence-electron chi connectivity index (χ2n) is 5.94. The van der Waals surface area contributed by atoms with Gasteiger partial charge in [0.25, 0.3) is 0 Å². The molecule has 1 aliphatic heterocycles. The first-order valence-corrected chi connectivity index (χ1v) is 7.98. The van der Waals surface area contributed by atoms with E-state index in [0.29, 0.717) is 12.4 Å². The molecule has 0 amide bonds. The molecule has 0 saturated carbocycles. The summed E-state index contributed by atoms with van der Waals surface area (Å²) < 4.78 is 11.4. The van der Waals surface area contributed by atoms with Gasteiger partial charge in [0, 0.05) is 11.6 Å². The molecular formula is C21H18O3. The van der Waals surface area contributed by atoms with Crippen LogP contribution in [0, 0.1) is 0 Å². The van der Waals surface area contributed by atoms with Crippen LogP contribution in [0.5, 0.6) is 11.5 Å². The van der Waals surface area contributed by atoms with Crippen molar-refractivity contribution in [3.05, 3.63) is 77.9 Å². The highest BCUT2D eigenvalue weighted by molar-refractivity contribution is 5.85. The van der Waals surface area contributed by atoms with E-state index in [-0.39, 0.29) is 0 Å². The Morgan fingerprint density at radius 1 is 1.04 bits per heavy atom. The minimum Gasteiger partial charge on any atom is -0.489 e. The van der Waals surface area contributed by atoms with E-state index < -0.39 is 6.29 Å². The number of ether oxygens (including phenoxy) is 2. The van der Waals surface area contributed by atoms with Crippen LogP contribution >= 0.6 is 0 Å². The third-order valence-corrected chi connectivity index (χ3v) is 4.29. The molecule has 0 aromatic heterocycles. The van der Waals surface area contributed by atoms with Crippen molar-refractivity contribution >= 4 is 16.3 Å². The number of hydrogen-bond donors (Lipinski definition) is 1. The Kier molecular flexibility index (Phi) is 3.71. The lowest BCUT2D eigenvalue weighted by atomic mass is 10.0. The average molecular weight is 318 g/mol. The minimum absolute atomic E-state index is 0.484. The highest BCUT2D eigenvalue weighted by Gasteiger charge is 2.17. The molecule has 1 unspecified atom stereocenters. The number of aliphatic hydroxyl groups excluding tert-OH is 1. The summed E-state index contributed by atoms with van der Waals surface area (Å²) in [6.45, 7) is 2.44. The van der Waals surface area contributed by atoms with Gasteiger partial charge in [0.1, 0.15) is 18.1 Å². The zero-order chi connectivity index (χ0) is 16.5. The van der Waals surface area contributed by atoms with Gasteiger partial charge in [0.15, 0.2) is 0 Å². The summed E-state index contributed by atoms with van der Waals surface area (Å²) in [5, 5.41) is 12.1. The first-order valence-electron chi connectivity index (χ1n) is 7.98. The van der Waals surface area contributed by atoms with Crippen LogP contribution < -0.4 is 9.47 Å². The van der Waals surface area contributed by atoms with Crippen molar-refractivity contribution in [2.45, 2.75) is 19.8 Å². The number of allylic oxidation sites excluding steroid dienone is 1. The van der Waals surface area contributed by atoms with Crippen LogP contribution in [-0.2, 0) is 6.61 Å². The highest BCUT2D eigenvalue weighted by Crippen LogP contribution is 2.34. The van der Waals surface area contributed by atoms with E-state index in [1.54, 1.807) is 6.08 Å². The molecule has 3 heteroatoms. The topological polar surface area (TPSA) is 38.7 Å². The summed E-state index contributed by atoms with van der Waals surface area (Å²) in [5.74, 6) is 1.38. The van der Waals surface area contributed by atoms with Crippen molar-refractivity contribution in [3.63, 3.8) is 0 Å². The summed E-state index contributed by atoms with van der Waals surface area (Å²) in [6, 6.07) is 20.2. The molecule has 1 N–H and O–H groups in total. The number of fused-ring (bicyclic) bond motifs is 2. The SMILES string of the molecule is CC1=CC(O)Oc2cc(OCc3cccc4ccccc34)ccc21. The first-order chi connectivity index (χ1) is 11.7. The summed E-state index contributed by atoms with van der Waals surface area (Å²) in [6.07, 6.45) is 0.796. The Hall–Kier alpha value is -2.78. The van der Waals surface area contributed by atoms with E-state index in [2.05, 4.69) is 24.3 Å². The Labute approximate surface area is 140 Å². The molecule has 24 heavy (non-hydrogen) atoms. The number of hydrogen-bond acceptors (Lipinski definition) is 3. The fraction of sp³-hybridized carbons (Fsp3) is 0.143. The number of rotatable bonds is 3. The van der Waals surface area contributed by atoms with Crippen molar-refractivity contribution < 1.29 is 14.6 Å². The molecule has 0 radical (unpaired) electrons. The summed E-state index contributed by atoms with van der Waals surface area (Å²) in [4.78, 5) is 0. The molecule has 4 rings (SSSR count). The molecule has 3 nitrogen and oxygen atoms in total. The zero-order valence-corrected chi connectivity index (χ0v) is 13.4. The molecule has 0 saturated heterocycles. The van der Waals surface area contributed by atoms with Crippen molar-refractivity contribution in [2.24, 2.45) is 0 Å². The molecule has 1 atom stereocenters. The number of benzene rings is 3. The van der Waals surface area contributed by atoms with E-state index in [1.165, 1.54) is 10.8 Å². The van der Waals surface area contributed by atoms with Crippen molar-refractivity contribution in [1.29, 1.82) is 0 Å². The van der Waals surface area contributed by atoms with Gasteiger partial charge in [-0.25, -0.2) is 0 Å². The fourth-order valence-electron chi connectivity index (χ4n) is 3.06. The van der Waals surface area contributed by atoms with Crippen LogP contribution in [0.1, 0.15) is 18.1 Å². The molecule has 120 valence electrons. The van der Waals surface area contributed by atoms with Gasteiger partial charge in [-0.15, -0.1) is 0 Å². The normalized spacial score (nSPS) is 16.2. The van der Waals surface area contributed by atoms with Crippen molar-refractivity contribution in [1.82, 2.24) is 0 Å². The van der Waals surface area contributed by atoms with Gasteiger partial charge in [-0.2, -0.15) is 0 Å². The first kappa shape index (κ1) is 14.8. The standard InChI is InChI=1S/C21H18O3/c1-14-11-21(22)24-20-12-17(9-10-18(14)20)23-13-16-7-4-6-15-5-2-3-8-19(15)16/h2-12,21-22H,13H2,1H3. The smallest absolute Gasteiger partial charge is 0.217 e. The van der Waals surface area contributed by atoms with Gasteiger partial charge in [0.2, 0.25) is 6.29 Å². The predicted molar refractivity (Wildman–Crippen MR) is 95.0 cm³/mol. The molecular weight excluding hydrogens is 300 g/mol. The summed E-state index contributed by atoms with van der Waals surface area (Å²) in [7, 11) is 0. The quantitative estimate of drug-likeness (QED) is 0.771. The summed E-state index contributed by atoms with van der Waals surface area (Å²) >= 11 is 0. The lowest BCUT2D eigenvalue weighted by Crippen LogP contribution is -2.17. The Bertz CT molecular complexity index is 922. The molecule has 1 aliphatic rings. The molecule has 3 aromatic rings. The van der Waals surface area contributed by atoms with Gasteiger partial charge in [-0.05, 0) is 47.0 Å². The highest BCUT2D eigenvalue weighted by atomic mass is 16.6. The monoisotopic (exact) mass is 318 g/mol. The van der Waals surface area contributed by atoms with E-state index in [9.17, 15) is 5.11 Å². The third kappa shape index (κ3) is 2.74. The van der Waals surface area contributed by atoms with Gasteiger partial charge in [0.05, 0.1) is 0 Å². The van der Waals surface area contributed by atoms with Crippen LogP contribution in [0.2, 0.25) is 0 Å². The average Bonchev–Trinajstić information content (AvgIpc) is 2.59. The van der Waals surface area contributed by atoms with E-state index >= 15 is 0 Å². The van der Waals surface area contributed by atoms with Gasteiger partial charge >= 0.3 is 0 Å². The van der Waals surface area contributed by atoms with Crippen LogP contribution in [0.3, 0.4) is 0 Å². The maximum atomic E-state index is 9.70. The largest absolute Gasteiger partial charge is 0.489 e. The maximum Gasteiger partial charge on any atom is 0.217 e. The zero-order valence-electron chi connectivity index (χ0n) is 13.4. The van der Waals surface area contributed by atoms with Crippen LogP contribution in [-0.4, -0.2) is 11.4 Å². The second-order valence-corrected chi connectivity index (χ2v) is 5.94.